The number of aromatic nitrogens is 4. The summed E-state index contributed by atoms with van der Waals surface area (Å²) in [7, 11) is 0. The smallest absolute Gasteiger partial charge is 0.210 e. The first-order chi connectivity index (χ1) is 24.2. The summed E-state index contributed by atoms with van der Waals surface area (Å²) in [5, 5.41) is 0. The molecule has 0 amide bonds. The van der Waals surface area contributed by atoms with E-state index in [1.54, 1.807) is 0 Å². The molecule has 0 atom stereocenters. The maximum absolute atomic E-state index is 6.17. The number of hydrogen-bond donors (Lipinski definition) is 0. The standard InChI is InChI=1S/C44H34N4O/c1-3-7-39(8-4-1)45-27-19-35(20-28-45)37-23-31-47(32-24-37)41-11-15-43(16-12-41)49-44-17-13-42(14-18-44)48-33-25-38(26-34-48)36-21-29-46(30-22-36)40-9-5-2-6-10-40/h1-34H/q+4. The average Bonchev–Trinajstić information content (AvgIpc) is 3.19. The van der Waals surface area contributed by atoms with E-state index in [1.807, 2.05) is 36.4 Å². The molecule has 0 fully saturated rings. The number of ether oxygens (including phenoxy) is 1. The van der Waals surface area contributed by atoms with Crippen LogP contribution in [0.15, 0.2) is 207 Å². The highest BCUT2D eigenvalue weighted by molar-refractivity contribution is 5.62. The molecule has 0 bridgehead atoms. The van der Waals surface area contributed by atoms with Crippen molar-refractivity contribution < 1.29 is 23.0 Å². The number of hydrogen-bond acceptors (Lipinski definition) is 1. The Kier molecular flexibility index (Phi) is 8.21. The van der Waals surface area contributed by atoms with Gasteiger partial charge in [0, 0.05) is 97.1 Å². The minimum atomic E-state index is 0.790. The summed E-state index contributed by atoms with van der Waals surface area (Å²) in [6, 6.07) is 54.1. The van der Waals surface area contributed by atoms with E-state index in [2.05, 4.69) is 189 Å². The SMILES string of the molecule is c1ccc(-[n+]2ccc(-c3cc[n+](-c4ccc(Oc5ccc(-[n+]6ccc(-c7cc[n+](-c8ccccc8)cc7)cc6)cc5)cc4)cc3)cc2)cc1. The molecule has 0 N–H and O–H groups in total. The molecule has 8 aromatic rings. The summed E-state index contributed by atoms with van der Waals surface area (Å²) in [6.45, 7) is 0. The normalized spacial score (nSPS) is 10.9. The minimum Gasteiger partial charge on any atom is -0.457 e. The number of pyridine rings is 4. The molecule has 4 heterocycles. The van der Waals surface area contributed by atoms with E-state index in [9.17, 15) is 0 Å². The van der Waals surface area contributed by atoms with E-state index in [-0.39, 0.29) is 0 Å². The fourth-order valence-corrected chi connectivity index (χ4v) is 5.87. The first kappa shape index (κ1) is 29.7. The van der Waals surface area contributed by atoms with Crippen molar-refractivity contribution in [2.45, 2.75) is 0 Å². The number of nitrogens with zero attached hydrogens (tertiary/aromatic N) is 4. The van der Waals surface area contributed by atoms with Gasteiger partial charge in [-0.15, -0.1) is 0 Å². The molecule has 4 aromatic carbocycles. The van der Waals surface area contributed by atoms with E-state index >= 15 is 0 Å². The lowest BCUT2D eigenvalue weighted by Gasteiger charge is -2.06. The van der Waals surface area contributed by atoms with E-state index in [1.165, 1.54) is 22.3 Å². The molecule has 8 rings (SSSR count). The fraction of sp³-hybridized carbons (Fsp3) is 0. The molecular weight excluding hydrogens is 601 g/mol. The Morgan fingerprint density at radius 3 is 0.755 bits per heavy atom. The van der Waals surface area contributed by atoms with E-state index in [0.717, 1.165) is 34.2 Å². The lowest BCUT2D eigenvalue weighted by molar-refractivity contribution is -0.596. The molecule has 5 nitrogen and oxygen atoms in total. The zero-order valence-electron chi connectivity index (χ0n) is 26.8. The minimum absolute atomic E-state index is 0.790. The topological polar surface area (TPSA) is 24.8 Å². The van der Waals surface area contributed by atoms with Crippen LogP contribution in [-0.2, 0) is 0 Å². The molecule has 0 spiro atoms. The van der Waals surface area contributed by atoms with Crippen LogP contribution in [0, 0.1) is 0 Å². The molecule has 0 aliphatic heterocycles. The van der Waals surface area contributed by atoms with Crippen molar-refractivity contribution >= 4 is 0 Å². The van der Waals surface area contributed by atoms with Crippen molar-refractivity contribution in [3.8, 4) is 56.5 Å². The Balaban J connectivity index is 0.886. The van der Waals surface area contributed by atoms with Crippen LogP contribution >= 0.6 is 0 Å². The maximum atomic E-state index is 6.17. The van der Waals surface area contributed by atoms with Crippen LogP contribution < -0.4 is 23.0 Å². The van der Waals surface area contributed by atoms with Gasteiger partial charge < -0.3 is 4.74 Å². The third-order valence-electron chi connectivity index (χ3n) is 8.60. The van der Waals surface area contributed by atoms with Gasteiger partial charge in [-0.1, -0.05) is 36.4 Å². The Bertz CT molecular complexity index is 2100. The van der Waals surface area contributed by atoms with E-state index < -0.39 is 0 Å². The summed E-state index contributed by atoms with van der Waals surface area (Å²) in [6.07, 6.45) is 16.8. The van der Waals surface area contributed by atoms with Crippen LogP contribution in [0.4, 0.5) is 0 Å². The van der Waals surface area contributed by atoms with Gasteiger partial charge in [0.2, 0.25) is 22.7 Å². The van der Waals surface area contributed by atoms with Gasteiger partial charge in [0.25, 0.3) is 0 Å². The molecule has 0 saturated heterocycles. The van der Waals surface area contributed by atoms with E-state index in [0.29, 0.717) is 0 Å². The Hall–Kier alpha value is -6.72. The molecule has 4 aromatic heterocycles. The van der Waals surface area contributed by atoms with Gasteiger partial charge in [0.1, 0.15) is 11.5 Å². The number of para-hydroxylation sites is 2. The molecule has 0 saturated carbocycles. The number of rotatable bonds is 8. The first-order valence-corrected chi connectivity index (χ1v) is 16.3. The predicted octanol–water partition coefficient (Wildman–Crippen LogP) is 7.92. The Morgan fingerprint density at radius 2 is 0.490 bits per heavy atom. The number of benzene rings is 4. The monoisotopic (exact) mass is 634 g/mol. The van der Waals surface area contributed by atoms with Gasteiger partial charge in [0.15, 0.2) is 49.6 Å². The molecular formula is C44H34N4O+4. The largest absolute Gasteiger partial charge is 0.457 e. The van der Waals surface area contributed by atoms with Crippen LogP contribution in [0.2, 0.25) is 0 Å². The van der Waals surface area contributed by atoms with Crippen LogP contribution in [0.1, 0.15) is 0 Å². The summed E-state index contributed by atoms with van der Waals surface area (Å²) in [5.74, 6) is 1.58. The molecule has 49 heavy (non-hydrogen) atoms. The first-order valence-electron chi connectivity index (χ1n) is 16.3. The third kappa shape index (κ3) is 6.73. The molecule has 0 aliphatic rings. The van der Waals surface area contributed by atoms with Crippen molar-refractivity contribution in [3.63, 3.8) is 0 Å². The lowest BCUT2D eigenvalue weighted by atomic mass is 10.1. The molecule has 0 radical (unpaired) electrons. The molecule has 5 heteroatoms. The molecule has 232 valence electrons. The zero-order chi connectivity index (χ0) is 32.8. The van der Waals surface area contributed by atoms with Crippen molar-refractivity contribution in [2.24, 2.45) is 0 Å². The molecule has 0 aliphatic carbocycles. The summed E-state index contributed by atoms with van der Waals surface area (Å²) >= 11 is 0. The zero-order valence-corrected chi connectivity index (χ0v) is 26.8. The summed E-state index contributed by atoms with van der Waals surface area (Å²) in [5.41, 5.74) is 9.11. The van der Waals surface area contributed by atoms with Gasteiger partial charge in [-0.25, -0.2) is 0 Å². The van der Waals surface area contributed by atoms with Gasteiger partial charge in [-0.3, -0.25) is 0 Å². The van der Waals surface area contributed by atoms with E-state index in [4.69, 9.17) is 4.74 Å². The second-order valence-corrected chi connectivity index (χ2v) is 11.7. The molecule has 0 unspecified atom stereocenters. The second kappa shape index (κ2) is 13.6. The quantitative estimate of drug-likeness (QED) is 0.156. The van der Waals surface area contributed by atoms with Crippen LogP contribution in [0.3, 0.4) is 0 Å². The Morgan fingerprint density at radius 1 is 0.245 bits per heavy atom. The summed E-state index contributed by atoms with van der Waals surface area (Å²) in [4.78, 5) is 0. The lowest BCUT2D eigenvalue weighted by Crippen LogP contribution is -2.29. The highest BCUT2D eigenvalue weighted by atomic mass is 16.5. The third-order valence-corrected chi connectivity index (χ3v) is 8.60. The van der Waals surface area contributed by atoms with Crippen molar-refractivity contribution in [1.82, 2.24) is 0 Å². The predicted molar refractivity (Wildman–Crippen MR) is 190 cm³/mol. The Labute approximate surface area is 286 Å². The maximum Gasteiger partial charge on any atom is 0.210 e. The van der Waals surface area contributed by atoms with Crippen LogP contribution in [0.25, 0.3) is 45.0 Å². The highest BCUT2D eigenvalue weighted by Gasteiger charge is 2.12. The fourth-order valence-electron chi connectivity index (χ4n) is 5.87. The van der Waals surface area contributed by atoms with Gasteiger partial charge in [-0.2, -0.15) is 18.3 Å². The highest BCUT2D eigenvalue weighted by Crippen LogP contribution is 2.23. The van der Waals surface area contributed by atoms with Crippen molar-refractivity contribution in [3.05, 3.63) is 207 Å². The second-order valence-electron chi connectivity index (χ2n) is 11.7. The van der Waals surface area contributed by atoms with Crippen LogP contribution in [0.5, 0.6) is 11.5 Å². The summed E-state index contributed by atoms with van der Waals surface area (Å²) < 4.78 is 14.6. The van der Waals surface area contributed by atoms with Gasteiger partial charge in [-0.05, 0) is 46.5 Å². The van der Waals surface area contributed by atoms with Gasteiger partial charge in [0.05, 0.1) is 0 Å². The average molecular weight is 635 g/mol. The van der Waals surface area contributed by atoms with Crippen molar-refractivity contribution in [2.75, 3.05) is 0 Å². The van der Waals surface area contributed by atoms with Gasteiger partial charge >= 0.3 is 0 Å². The van der Waals surface area contributed by atoms with Crippen molar-refractivity contribution in [1.29, 1.82) is 0 Å². The van der Waals surface area contributed by atoms with Crippen LogP contribution in [-0.4, -0.2) is 0 Å².